The minimum atomic E-state index is -0.209. The monoisotopic (exact) mass is 275 g/mol. The largest absolute Gasteiger partial charge is 0.327 e. The summed E-state index contributed by atoms with van der Waals surface area (Å²) in [6.07, 6.45) is 5.94. The predicted octanol–water partition coefficient (Wildman–Crippen LogP) is 3.79. The number of aryl methyl sites for hydroxylation is 1. The highest BCUT2D eigenvalue weighted by Gasteiger charge is 2.21. The van der Waals surface area contributed by atoms with Crippen molar-refractivity contribution in [1.82, 2.24) is 14.9 Å². The Morgan fingerprint density at radius 3 is 3.10 bits per heavy atom. The molecule has 108 valence electrons. The summed E-state index contributed by atoms with van der Waals surface area (Å²) in [5.41, 5.74) is 1.83. The van der Waals surface area contributed by atoms with Gasteiger partial charge >= 0.3 is 0 Å². The lowest BCUT2D eigenvalue weighted by molar-refractivity contribution is 0.480. The van der Waals surface area contributed by atoms with E-state index in [0.717, 1.165) is 42.8 Å². The molecular weight excluding hydrogens is 253 g/mol. The van der Waals surface area contributed by atoms with Crippen LogP contribution in [0.1, 0.15) is 50.9 Å². The van der Waals surface area contributed by atoms with E-state index in [1.807, 2.05) is 6.07 Å². The third-order valence-corrected chi connectivity index (χ3v) is 4.06. The highest BCUT2D eigenvalue weighted by Crippen LogP contribution is 2.26. The molecule has 20 heavy (non-hydrogen) atoms. The lowest BCUT2D eigenvalue weighted by atomic mass is 10.1. The van der Waals surface area contributed by atoms with Crippen molar-refractivity contribution in [3.05, 3.63) is 29.8 Å². The molecule has 0 amide bonds. The molecule has 1 aromatic carbocycles. The summed E-state index contributed by atoms with van der Waals surface area (Å²) in [6, 6.07) is 5.23. The van der Waals surface area contributed by atoms with Gasteiger partial charge in [0.25, 0.3) is 0 Å². The van der Waals surface area contributed by atoms with Crippen LogP contribution in [0.25, 0.3) is 11.0 Å². The molecule has 1 unspecified atom stereocenters. The second kappa shape index (κ2) is 5.92. The highest BCUT2D eigenvalue weighted by molar-refractivity contribution is 5.76. The Hall–Kier alpha value is -1.42. The summed E-state index contributed by atoms with van der Waals surface area (Å²) < 4.78 is 15.7. The van der Waals surface area contributed by atoms with Crippen molar-refractivity contribution in [2.75, 3.05) is 6.54 Å². The molecule has 3 rings (SSSR count). The first-order chi connectivity index (χ1) is 9.79. The molecule has 1 aliphatic heterocycles. The molecule has 4 heteroatoms. The number of nitrogens with one attached hydrogen (secondary N) is 1. The summed E-state index contributed by atoms with van der Waals surface area (Å²) in [4.78, 5) is 4.72. The summed E-state index contributed by atoms with van der Waals surface area (Å²) >= 11 is 0. The molecule has 1 N–H and O–H groups in total. The van der Waals surface area contributed by atoms with Crippen LogP contribution >= 0.6 is 0 Å². The van der Waals surface area contributed by atoms with Gasteiger partial charge in [0.2, 0.25) is 0 Å². The lowest BCUT2D eigenvalue weighted by Crippen LogP contribution is -2.23. The molecule has 2 aromatic rings. The second-order valence-electron chi connectivity index (χ2n) is 5.61. The van der Waals surface area contributed by atoms with Gasteiger partial charge in [-0.2, -0.15) is 0 Å². The fourth-order valence-corrected chi connectivity index (χ4v) is 3.10. The molecule has 1 atom stereocenters. The van der Waals surface area contributed by atoms with E-state index in [1.54, 1.807) is 6.07 Å². The number of halogens is 1. The van der Waals surface area contributed by atoms with Gasteiger partial charge in [0, 0.05) is 12.6 Å². The number of imidazole rings is 1. The first-order valence-electron chi connectivity index (χ1n) is 7.68. The van der Waals surface area contributed by atoms with Gasteiger partial charge in [-0.25, -0.2) is 9.37 Å². The smallest absolute Gasteiger partial charge is 0.127 e. The topological polar surface area (TPSA) is 29.9 Å². The Kier molecular flexibility index (Phi) is 4.01. The van der Waals surface area contributed by atoms with Gasteiger partial charge in [-0.15, -0.1) is 0 Å². The summed E-state index contributed by atoms with van der Waals surface area (Å²) in [7, 11) is 0. The predicted molar refractivity (Wildman–Crippen MR) is 79.2 cm³/mol. The molecule has 0 spiro atoms. The zero-order valence-electron chi connectivity index (χ0n) is 12.0. The maximum absolute atomic E-state index is 13.4. The van der Waals surface area contributed by atoms with Crippen molar-refractivity contribution < 1.29 is 4.39 Å². The quantitative estimate of drug-likeness (QED) is 0.923. The summed E-state index contributed by atoms with van der Waals surface area (Å²) in [5, 5.41) is 3.60. The number of hydrogen-bond donors (Lipinski definition) is 1. The molecule has 1 aromatic heterocycles. The van der Waals surface area contributed by atoms with Crippen LogP contribution in [0.2, 0.25) is 0 Å². The molecular formula is C16H22FN3. The number of rotatable bonds is 3. The Morgan fingerprint density at radius 1 is 1.35 bits per heavy atom. The van der Waals surface area contributed by atoms with Gasteiger partial charge in [0.15, 0.2) is 0 Å². The highest BCUT2D eigenvalue weighted by atomic mass is 19.1. The van der Waals surface area contributed by atoms with Crippen molar-refractivity contribution in [2.24, 2.45) is 0 Å². The maximum atomic E-state index is 13.4. The van der Waals surface area contributed by atoms with E-state index in [9.17, 15) is 4.39 Å². The zero-order valence-corrected chi connectivity index (χ0v) is 12.0. The van der Waals surface area contributed by atoms with Crippen LogP contribution in [-0.2, 0) is 6.54 Å². The average molecular weight is 275 g/mol. The molecule has 0 saturated carbocycles. The fraction of sp³-hybridized carbons (Fsp3) is 0.562. The molecule has 1 fully saturated rings. The molecule has 3 nitrogen and oxygen atoms in total. The zero-order chi connectivity index (χ0) is 13.9. The normalized spacial score (nSPS) is 20.2. The van der Waals surface area contributed by atoms with Crippen molar-refractivity contribution >= 4 is 11.0 Å². The van der Waals surface area contributed by atoms with E-state index in [-0.39, 0.29) is 5.82 Å². The van der Waals surface area contributed by atoms with Gasteiger partial charge in [-0.1, -0.05) is 19.8 Å². The summed E-state index contributed by atoms with van der Waals surface area (Å²) in [5.74, 6) is 0.869. The number of benzene rings is 1. The van der Waals surface area contributed by atoms with Crippen molar-refractivity contribution in [3.63, 3.8) is 0 Å². The van der Waals surface area contributed by atoms with E-state index in [4.69, 9.17) is 4.98 Å². The maximum Gasteiger partial charge on any atom is 0.127 e. The third kappa shape index (κ3) is 2.57. The summed E-state index contributed by atoms with van der Waals surface area (Å²) in [6.45, 7) is 4.16. The van der Waals surface area contributed by atoms with Gasteiger partial charge in [0.05, 0.1) is 17.1 Å². The molecule has 0 bridgehead atoms. The number of hydrogen-bond acceptors (Lipinski definition) is 2. The van der Waals surface area contributed by atoms with Gasteiger partial charge < -0.3 is 9.88 Å². The van der Waals surface area contributed by atoms with E-state index >= 15 is 0 Å². The number of fused-ring (bicyclic) bond motifs is 1. The van der Waals surface area contributed by atoms with Crippen molar-refractivity contribution in [3.8, 4) is 0 Å². The number of nitrogens with zero attached hydrogens (tertiary/aromatic N) is 2. The van der Waals surface area contributed by atoms with Crippen LogP contribution in [-0.4, -0.2) is 16.1 Å². The van der Waals surface area contributed by atoms with E-state index in [1.165, 1.54) is 25.3 Å². The Morgan fingerprint density at radius 2 is 2.25 bits per heavy atom. The van der Waals surface area contributed by atoms with E-state index in [0.29, 0.717) is 6.04 Å². The van der Waals surface area contributed by atoms with Gasteiger partial charge in [-0.05, 0) is 37.9 Å². The molecule has 1 aliphatic rings. The van der Waals surface area contributed by atoms with Gasteiger partial charge in [0.1, 0.15) is 11.6 Å². The third-order valence-electron chi connectivity index (χ3n) is 4.06. The van der Waals surface area contributed by atoms with Crippen LogP contribution in [0.4, 0.5) is 4.39 Å². The van der Waals surface area contributed by atoms with E-state index in [2.05, 4.69) is 16.8 Å². The van der Waals surface area contributed by atoms with Crippen molar-refractivity contribution in [1.29, 1.82) is 0 Å². The molecule has 0 aliphatic carbocycles. The molecule has 2 heterocycles. The van der Waals surface area contributed by atoms with Crippen LogP contribution in [0, 0.1) is 5.82 Å². The minimum Gasteiger partial charge on any atom is -0.327 e. The first-order valence-corrected chi connectivity index (χ1v) is 7.68. The standard InChI is InChI=1S/C16H22FN3/c1-2-10-20-15-8-7-12(17)11-14(15)19-16(20)13-6-4-3-5-9-18-13/h7-8,11,13,18H,2-6,9-10H2,1H3. The first kappa shape index (κ1) is 13.6. The SMILES string of the molecule is CCCn1c(C2CCCCCN2)nc2cc(F)ccc21. The minimum absolute atomic E-state index is 0.209. The fourth-order valence-electron chi connectivity index (χ4n) is 3.10. The van der Waals surface area contributed by atoms with Crippen molar-refractivity contribution in [2.45, 2.75) is 51.6 Å². The van der Waals surface area contributed by atoms with Crippen LogP contribution < -0.4 is 5.32 Å². The van der Waals surface area contributed by atoms with Crippen LogP contribution in [0.5, 0.6) is 0 Å². The molecule has 1 saturated heterocycles. The van der Waals surface area contributed by atoms with Crippen LogP contribution in [0.15, 0.2) is 18.2 Å². The van der Waals surface area contributed by atoms with Gasteiger partial charge in [-0.3, -0.25) is 0 Å². The second-order valence-corrected chi connectivity index (χ2v) is 5.61. The number of aromatic nitrogens is 2. The van der Waals surface area contributed by atoms with E-state index < -0.39 is 0 Å². The lowest BCUT2D eigenvalue weighted by Gasteiger charge is -2.17. The Labute approximate surface area is 119 Å². The Balaban J connectivity index is 2.05. The van der Waals surface area contributed by atoms with Crippen LogP contribution in [0.3, 0.4) is 0 Å². The average Bonchev–Trinajstić information content (AvgIpc) is 2.64. The molecule has 0 radical (unpaired) electrons. The Bertz CT molecular complexity index is 583.